The summed E-state index contributed by atoms with van der Waals surface area (Å²) in [5.41, 5.74) is 3.50. The lowest BCUT2D eigenvalue weighted by molar-refractivity contribution is 0.362. The first-order valence-electron chi connectivity index (χ1n) is 8.48. The highest BCUT2D eigenvalue weighted by atomic mass is 35.5. The van der Waals surface area contributed by atoms with Crippen LogP contribution in [0.5, 0.6) is 5.88 Å². The minimum absolute atomic E-state index is 0.0895. The van der Waals surface area contributed by atoms with Gasteiger partial charge in [-0.05, 0) is 49.1 Å². The normalized spacial score (nSPS) is 12.0. The first-order chi connectivity index (χ1) is 12.5. The van der Waals surface area contributed by atoms with Gasteiger partial charge in [-0.25, -0.2) is 4.68 Å². The smallest absolute Gasteiger partial charge is 0.267 e. The third-order valence-corrected chi connectivity index (χ3v) is 4.63. The number of halogens is 1. The monoisotopic (exact) mass is 368 g/mol. The first kappa shape index (κ1) is 18.2. The van der Waals surface area contributed by atoms with E-state index in [0.29, 0.717) is 22.9 Å². The number of aryl methyl sites for hydroxylation is 1. The fourth-order valence-electron chi connectivity index (χ4n) is 3.04. The molecule has 0 saturated carbocycles. The Balaban J connectivity index is 2.02. The van der Waals surface area contributed by atoms with Gasteiger partial charge in [0.25, 0.3) is 5.56 Å². The van der Waals surface area contributed by atoms with Gasteiger partial charge in [0.1, 0.15) is 0 Å². The Morgan fingerprint density at radius 2 is 1.85 bits per heavy atom. The average Bonchev–Trinajstić information content (AvgIpc) is 2.64. The van der Waals surface area contributed by atoms with Crippen LogP contribution in [0.15, 0.2) is 59.4 Å². The topological polar surface area (TPSA) is 44.1 Å². The number of benzene rings is 2. The molecule has 0 aliphatic carbocycles. The first-order valence-corrected chi connectivity index (χ1v) is 8.85. The molecular weight excluding hydrogens is 348 g/mol. The summed E-state index contributed by atoms with van der Waals surface area (Å²) in [5.74, 6) is 0.412. The molecule has 1 atom stereocenters. The van der Waals surface area contributed by atoms with E-state index >= 15 is 0 Å². The zero-order chi connectivity index (χ0) is 18.7. The molecule has 0 saturated heterocycles. The second-order valence-corrected chi connectivity index (χ2v) is 6.78. The Morgan fingerprint density at radius 1 is 1.12 bits per heavy atom. The largest absolute Gasteiger partial charge is 0.480 e. The molecule has 2 aromatic carbocycles. The van der Waals surface area contributed by atoms with Gasteiger partial charge in [0, 0.05) is 11.1 Å². The number of hydrogen-bond acceptors (Lipinski definition) is 3. The minimum atomic E-state index is -0.163. The molecule has 3 rings (SSSR count). The molecule has 0 aliphatic heterocycles. The number of hydrogen-bond donors (Lipinski definition) is 0. The van der Waals surface area contributed by atoms with Gasteiger partial charge in [-0.1, -0.05) is 48.0 Å². The molecule has 1 unspecified atom stereocenters. The van der Waals surface area contributed by atoms with E-state index in [-0.39, 0.29) is 11.6 Å². The molecule has 0 aliphatic rings. The molecule has 1 aromatic heterocycles. The van der Waals surface area contributed by atoms with Crippen molar-refractivity contribution < 1.29 is 4.74 Å². The minimum Gasteiger partial charge on any atom is -0.480 e. The van der Waals surface area contributed by atoms with Crippen molar-refractivity contribution in [1.82, 2.24) is 9.78 Å². The van der Waals surface area contributed by atoms with E-state index in [1.807, 2.05) is 62.4 Å². The molecule has 26 heavy (non-hydrogen) atoms. The fraction of sp³-hybridized carbons (Fsp3) is 0.238. The van der Waals surface area contributed by atoms with Gasteiger partial charge in [-0.15, -0.1) is 5.10 Å². The molecule has 134 valence electrons. The Labute approximate surface area is 158 Å². The highest BCUT2D eigenvalue weighted by Crippen LogP contribution is 2.31. The summed E-state index contributed by atoms with van der Waals surface area (Å²) in [6, 6.07) is 17.1. The van der Waals surface area contributed by atoms with E-state index in [0.717, 1.165) is 16.7 Å². The van der Waals surface area contributed by atoms with E-state index in [2.05, 4.69) is 5.10 Å². The maximum absolute atomic E-state index is 12.7. The van der Waals surface area contributed by atoms with Crippen LogP contribution in [-0.2, 0) is 6.42 Å². The lowest BCUT2D eigenvalue weighted by Gasteiger charge is -2.17. The van der Waals surface area contributed by atoms with Crippen LogP contribution < -0.4 is 10.3 Å². The van der Waals surface area contributed by atoms with E-state index in [4.69, 9.17) is 16.3 Å². The van der Waals surface area contributed by atoms with Crippen molar-refractivity contribution in [3.05, 3.63) is 81.1 Å². The molecule has 0 radical (unpaired) electrons. The van der Waals surface area contributed by atoms with Crippen LogP contribution in [0.2, 0.25) is 5.02 Å². The van der Waals surface area contributed by atoms with E-state index in [1.165, 1.54) is 4.68 Å². The molecule has 5 heteroatoms. The van der Waals surface area contributed by atoms with E-state index < -0.39 is 0 Å². The van der Waals surface area contributed by atoms with Gasteiger partial charge in [-0.2, -0.15) is 0 Å². The predicted molar refractivity (Wildman–Crippen MR) is 105 cm³/mol. The molecular formula is C21H21ClN2O2. The number of aromatic nitrogens is 2. The Kier molecular flexibility index (Phi) is 5.43. The second-order valence-electron chi connectivity index (χ2n) is 6.35. The SMILES string of the molecule is COc1nn(C(C)Cc2ccccc2)c(=O)cc1-c1cc(Cl)ccc1C. The summed E-state index contributed by atoms with van der Waals surface area (Å²) in [6.45, 7) is 3.94. The van der Waals surface area contributed by atoms with Crippen molar-refractivity contribution in [3.63, 3.8) is 0 Å². The van der Waals surface area contributed by atoms with Crippen LogP contribution in [0.25, 0.3) is 11.1 Å². The zero-order valence-electron chi connectivity index (χ0n) is 15.1. The highest BCUT2D eigenvalue weighted by molar-refractivity contribution is 6.30. The number of methoxy groups -OCH3 is 1. The van der Waals surface area contributed by atoms with Crippen LogP contribution in [0.4, 0.5) is 0 Å². The van der Waals surface area contributed by atoms with Gasteiger partial charge in [0.2, 0.25) is 5.88 Å². The standard InChI is InChI=1S/C21H21ClN2O2/c1-14-9-10-17(22)12-18(14)19-13-20(25)24(23-21(19)26-3)15(2)11-16-7-5-4-6-8-16/h4-10,12-13,15H,11H2,1-3H3. The van der Waals surface area contributed by atoms with E-state index in [9.17, 15) is 4.79 Å². The van der Waals surface area contributed by atoms with Gasteiger partial charge < -0.3 is 4.74 Å². The molecule has 0 bridgehead atoms. The Morgan fingerprint density at radius 3 is 2.54 bits per heavy atom. The van der Waals surface area contributed by atoms with Gasteiger partial charge in [-0.3, -0.25) is 4.79 Å². The Bertz CT molecular complexity index is 967. The van der Waals surface area contributed by atoms with Crippen molar-refractivity contribution in [2.45, 2.75) is 26.3 Å². The third-order valence-electron chi connectivity index (χ3n) is 4.40. The van der Waals surface area contributed by atoms with Crippen LogP contribution >= 0.6 is 11.6 Å². The second kappa shape index (κ2) is 7.75. The Hall–Kier alpha value is -2.59. The number of rotatable bonds is 5. The molecule has 0 N–H and O–H groups in total. The molecule has 0 fully saturated rings. The number of nitrogens with zero attached hydrogens (tertiary/aromatic N) is 2. The van der Waals surface area contributed by atoms with Crippen molar-refractivity contribution in [3.8, 4) is 17.0 Å². The lowest BCUT2D eigenvalue weighted by Crippen LogP contribution is -2.27. The summed E-state index contributed by atoms with van der Waals surface area (Å²) in [5, 5.41) is 5.08. The van der Waals surface area contributed by atoms with Crippen molar-refractivity contribution >= 4 is 11.6 Å². The van der Waals surface area contributed by atoms with Crippen LogP contribution in [-0.4, -0.2) is 16.9 Å². The number of ether oxygens (including phenoxy) is 1. The maximum Gasteiger partial charge on any atom is 0.267 e. The van der Waals surface area contributed by atoms with E-state index in [1.54, 1.807) is 13.2 Å². The summed E-state index contributed by atoms with van der Waals surface area (Å²) in [4.78, 5) is 12.7. The van der Waals surface area contributed by atoms with Crippen molar-refractivity contribution in [2.24, 2.45) is 0 Å². The average molecular weight is 369 g/mol. The summed E-state index contributed by atoms with van der Waals surface area (Å²) in [7, 11) is 1.56. The van der Waals surface area contributed by atoms with Gasteiger partial charge >= 0.3 is 0 Å². The van der Waals surface area contributed by atoms with Crippen LogP contribution in [0.3, 0.4) is 0 Å². The van der Waals surface area contributed by atoms with Crippen LogP contribution in [0, 0.1) is 6.92 Å². The summed E-state index contributed by atoms with van der Waals surface area (Å²) in [6.07, 6.45) is 0.715. The van der Waals surface area contributed by atoms with Crippen molar-refractivity contribution in [2.75, 3.05) is 7.11 Å². The molecule has 1 heterocycles. The third kappa shape index (κ3) is 3.81. The van der Waals surface area contributed by atoms with Crippen LogP contribution in [0.1, 0.15) is 24.1 Å². The molecule has 4 nitrogen and oxygen atoms in total. The quantitative estimate of drug-likeness (QED) is 0.656. The summed E-state index contributed by atoms with van der Waals surface area (Å²) < 4.78 is 6.96. The van der Waals surface area contributed by atoms with Crippen molar-refractivity contribution in [1.29, 1.82) is 0 Å². The molecule has 0 spiro atoms. The molecule has 3 aromatic rings. The highest BCUT2D eigenvalue weighted by Gasteiger charge is 2.17. The lowest BCUT2D eigenvalue weighted by atomic mass is 10.0. The zero-order valence-corrected chi connectivity index (χ0v) is 15.8. The molecule has 0 amide bonds. The predicted octanol–water partition coefficient (Wildman–Crippen LogP) is 4.68. The van der Waals surface area contributed by atoms with Gasteiger partial charge in [0.15, 0.2) is 0 Å². The fourth-order valence-corrected chi connectivity index (χ4v) is 3.21. The maximum atomic E-state index is 12.7. The van der Waals surface area contributed by atoms with Gasteiger partial charge in [0.05, 0.1) is 18.7 Å². The summed E-state index contributed by atoms with van der Waals surface area (Å²) >= 11 is 6.13.